The normalized spacial score (nSPS) is 11.6. The molecule has 0 aliphatic rings. The van der Waals surface area contributed by atoms with Gasteiger partial charge in [-0.2, -0.15) is 0 Å². The van der Waals surface area contributed by atoms with E-state index in [2.05, 4.69) is 15.6 Å². The second-order valence-electron chi connectivity index (χ2n) is 7.27. The van der Waals surface area contributed by atoms with Crippen LogP contribution in [0.4, 0.5) is 11.6 Å². The van der Waals surface area contributed by atoms with Crippen LogP contribution in [0.2, 0.25) is 0 Å². The molecule has 2 aromatic carbocycles. The first kappa shape index (κ1) is 26.9. The van der Waals surface area contributed by atoms with Crippen molar-refractivity contribution in [2.45, 2.75) is 0 Å². The van der Waals surface area contributed by atoms with Gasteiger partial charge < -0.3 is 20.1 Å². The number of nitrogens with zero attached hydrogens (tertiary/aromatic N) is 1. The van der Waals surface area contributed by atoms with Crippen LogP contribution < -0.4 is 20.1 Å². The molecule has 7 nitrogen and oxygen atoms in total. The van der Waals surface area contributed by atoms with E-state index in [-0.39, 0.29) is 11.6 Å². The van der Waals surface area contributed by atoms with Crippen molar-refractivity contribution in [3.05, 3.63) is 100 Å². The van der Waals surface area contributed by atoms with E-state index in [9.17, 15) is 9.59 Å². The molecular formula is C27H27N3O4S2. The zero-order valence-corrected chi connectivity index (χ0v) is 22.0. The standard InChI is InChI=1S/C27H27N3O4S2/c1-33-20-12-8-18(9-13-20)22(31)16-26(35-3)29-24-6-5-7-25(28-24)30-27(36-4)17-23(32)19-10-14-21(34-2)15-11-19/h5-17H,1-4H3,(H2,28,29,30)/b26-16+,27-17+. The smallest absolute Gasteiger partial charge is 0.188 e. The lowest BCUT2D eigenvalue weighted by atomic mass is 10.1. The van der Waals surface area contributed by atoms with Crippen LogP contribution in [0.3, 0.4) is 0 Å². The molecule has 2 N–H and O–H groups in total. The predicted molar refractivity (Wildman–Crippen MR) is 149 cm³/mol. The van der Waals surface area contributed by atoms with Crippen molar-refractivity contribution >= 4 is 46.7 Å². The SMILES string of the molecule is COc1ccc(C(=O)/C=C(\Nc2cccc(N/C(=C\C(=O)c3ccc(OC)cc3)SC)n2)SC)cc1. The monoisotopic (exact) mass is 521 g/mol. The van der Waals surface area contributed by atoms with Crippen molar-refractivity contribution in [3.63, 3.8) is 0 Å². The van der Waals surface area contributed by atoms with Crippen molar-refractivity contribution in [1.29, 1.82) is 0 Å². The van der Waals surface area contributed by atoms with Crippen LogP contribution in [0, 0.1) is 0 Å². The summed E-state index contributed by atoms with van der Waals surface area (Å²) in [7, 11) is 3.17. The molecule has 0 saturated heterocycles. The number of aromatic nitrogens is 1. The highest BCUT2D eigenvalue weighted by Gasteiger charge is 2.09. The molecule has 0 saturated carbocycles. The molecule has 0 spiro atoms. The maximum absolute atomic E-state index is 12.7. The summed E-state index contributed by atoms with van der Waals surface area (Å²) in [6.07, 6.45) is 6.83. The molecule has 0 aliphatic carbocycles. The number of carbonyl (C=O) groups excluding carboxylic acids is 2. The van der Waals surface area contributed by atoms with E-state index in [0.717, 1.165) is 0 Å². The molecule has 0 aliphatic heterocycles. The highest BCUT2D eigenvalue weighted by molar-refractivity contribution is 8.02. The molecule has 186 valence electrons. The molecule has 1 aromatic heterocycles. The number of carbonyl (C=O) groups is 2. The summed E-state index contributed by atoms with van der Waals surface area (Å²) in [5.74, 6) is 2.24. The van der Waals surface area contributed by atoms with Gasteiger partial charge in [-0.1, -0.05) is 6.07 Å². The minimum Gasteiger partial charge on any atom is -0.497 e. The van der Waals surface area contributed by atoms with Crippen LogP contribution >= 0.6 is 23.5 Å². The molecule has 0 amide bonds. The first-order valence-electron chi connectivity index (χ1n) is 10.8. The maximum atomic E-state index is 12.7. The molecule has 0 radical (unpaired) electrons. The molecule has 36 heavy (non-hydrogen) atoms. The average Bonchev–Trinajstić information content (AvgIpc) is 2.92. The molecule has 3 aromatic rings. The van der Waals surface area contributed by atoms with E-state index in [1.165, 1.54) is 35.7 Å². The second-order valence-corrected chi connectivity index (χ2v) is 8.97. The van der Waals surface area contributed by atoms with Crippen LogP contribution in [0.5, 0.6) is 11.5 Å². The topological polar surface area (TPSA) is 89.6 Å². The van der Waals surface area contributed by atoms with Gasteiger partial charge in [0.1, 0.15) is 23.1 Å². The Bertz CT molecular complexity index is 1160. The van der Waals surface area contributed by atoms with Gasteiger partial charge in [-0.25, -0.2) is 4.98 Å². The molecule has 0 atom stereocenters. The summed E-state index contributed by atoms with van der Waals surface area (Å²) in [4.78, 5) is 29.9. The van der Waals surface area contributed by atoms with Gasteiger partial charge in [-0.05, 0) is 73.2 Å². The predicted octanol–water partition coefficient (Wildman–Crippen LogP) is 6.10. The van der Waals surface area contributed by atoms with Crippen molar-refractivity contribution in [1.82, 2.24) is 4.98 Å². The Kier molecular flexibility index (Phi) is 10.0. The lowest BCUT2D eigenvalue weighted by Gasteiger charge is -2.11. The molecule has 3 rings (SSSR count). The van der Waals surface area contributed by atoms with Crippen LogP contribution in [0.25, 0.3) is 0 Å². The fourth-order valence-electron chi connectivity index (χ4n) is 3.03. The quantitative estimate of drug-likeness (QED) is 0.217. The lowest BCUT2D eigenvalue weighted by molar-refractivity contribution is 0.103. The number of rotatable bonds is 12. The van der Waals surface area contributed by atoms with E-state index in [4.69, 9.17) is 9.47 Å². The number of hydrogen-bond acceptors (Lipinski definition) is 9. The van der Waals surface area contributed by atoms with Gasteiger partial charge in [-0.15, -0.1) is 23.5 Å². The van der Waals surface area contributed by atoms with Crippen molar-refractivity contribution in [2.24, 2.45) is 0 Å². The van der Waals surface area contributed by atoms with Gasteiger partial charge in [0.15, 0.2) is 11.6 Å². The maximum Gasteiger partial charge on any atom is 0.188 e. The van der Waals surface area contributed by atoms with Gasteiger partial charge in [0.05, 0.1) is 24.3 Å². The van der Waals surface area contributed by atoms with Crippen molar-refractivity contribution < 1.29 is 19.1 Å². The molecule has 0 fully saturated rings. The van der Waals surface area contributed by atoms with Crippen molar-refractivity contribution in [3.8, 4) is 11.5 Å². The molecular weight excluding hydrogens is 494 g/mol. The molecule has 0 bridgehead atoms. The third-order valence-corrected chi connectivity index (χ3v) is 6.28. The summed E-state index contributed by atoms with van der Waals surface area (Å²) in [5, 5.41) is 7.66. The van der Waals surface area contributed by atoms with E-state index in [1.807, 2.05) is 18.6 Å². The number of thioether (sulfide) groups is 2. The number of methoxy groups -OCH3 is 2. The summed E-state index contributed by atoms with van der Waals surface area (Å²) in [5.41, 5.74) is 1.12. The Morgan fingerprint density at radius 3 is 1.42 bits per heavy atom. The number of ketones is 2. The van der Waals surface area contributed by atoms with Crippen LogP contribution in [-0.4, -0.2) is 43.3 Å². The highest BCUT2D eigenvalue weighted by atomic mass is 32.2. The van der Waals surface area contributed by atoms with Crippen molar-refractivity contribution in [2.75, 3.05) is 37.4 Å². The third-order valence-electron chi connectivity index (χ3n) is 4.96. The minimum atomic E-state index is -0.131. The minimum absolute atomic E-state index is 0.131. The van der Waals surface area contributed by atoms with Crippen LogP contribution in [0.15, 0.2) is 88.9 Å². The first-order chi connectivity index (χ1) is 17.4. The summed E-state index contributed by atoms with van der Waals surface area (Å²) in [6, 6.07) is 19.3. The van der Waals surface area contributed by atoms with Crippen LogP contribution in [0.1, 0.15) is 20.7 Å². The van der Waals surface area contributed by atoms with E-state index < -0.39 is 0 Å². The largest absolute Gasteiger partial charge is 0.497 e. The van der Waals surface area contributed by atoms with Gasteiger partial charge in [0.2, 0.25) is 0 Å². The van der Waals surface area contributed by atoms with Gasteiger partial charge in [0.25, 0.3) is 0 Å². The van der Waals surface area contributed by atoms with Gasteiger partial charge >= 0.3 is 0 Å². The summed E-state index contributed by atoms with van der Waals surface area (Å²) >= 11 is 2.81. The Morgan fingerprint density at radius 1 is 0.694 bits per heavy atom. The summed E-state index contributed by atoms with van der Waals surface area (Å²) in [6.45, 7) is 0. The van der Waals surface area contributed by atoms with E-state index >= 15 is 0 Å². The van der Waals surface area contributed by atoms with Gasteiger partial charge in [-0.3, -0.25) is 9.59 Å². The number of pyridine rings is 1. The number of anilines is 2. The highest BCUT2D eigenvalue weighted by Crippen LogP contribution is 2.22. The number of hydrogen-bond donors (Lipinski definition) is 2. The number of ether oxygens (including phenoxy) is 2. The summed E-state index contributed by atoms with van der Waals surface area (Å²) < 4.78 is 10.3. The van der Waals surface area contributed by atoms with Gasteiger partial charge in [0, 0.05) is 23.3 Å². The average molecular weight is 522 g/mol. The molecule has 1 heterocycles. The third kappa shape index (κ3) is 7.66. The number of nitrogens with one attached hydrogen (secondary N) is 2. The Labute approximate surface area is 219 Å². The zero-order valence-electron chi connectivity index (χ0n) is 20.4. The molecule has 9 heteroatoms. The first-order valence-corrected chi connectivity index (χ1v) is 13.3. The fourth-order valence-corrected chi connectivity index (χ4v) is 3.90. The fraction of sp³-hybridized carbons (Fsp3) is 0.148. The van der Waals surface area contributed by atoms with E-state index in [0.29, 0.717) is 44.3 Å². The zero-order chi connectivity index (χ0) is 25.9. The second kappa shape index (κ2) is 13.4. The Morgan fingerprint density at radius 2 is 1.08 bits per heavy atom. The Balaban J connectivity index is 1.71. The Hall–Kier alpha value is -3.69. The van der Waals surface area contributed by atoms with Crippen LogP contribution in [-0.2, 0) is 0 Å². The number of benzene rings is 2. The van der Waals surface area contributed by atoms with E-state index in [1.54, 1.807) is 74.9 Å². The number of allylic oxidation sites excluding steroid dienone is 2. The molecule has 0 unspecified atom stereocenters. The lowest BCUT2D eigenvalue weighted by Crippen LogP contribution is -2.06.